The molecule has 34 heavy (non-hydrogen) atoms. The maximum absolute atomic E-state index is 13.3. The summed E-state index contributed by atoms with van der Waals surface area (Å²) in [6, 6.07) is 14.4. The first-order valence-electron chi connectivity index (χ1n) is 10.9. The van der Waals surface area contributed by atoms with Crippen molar-refractivity contribution >= 4 is 32.1 Å². The van der Waals surface area contributed by atoms with Gasteiger partial charge in [-0.3, -0.25) is 0 Å². The van der Waals surface area contributed by atoms with E-state index >= 15 is 0 Å². The van der Waals surface area contributed by atoms with Crippen LogP contribution in [0.15, 0.2) is 71.9 Å². The molecular formula is C24H21N5O4S. The quantitative estimate of drug-likeness (QED) is 0.365. The number of nitrogens with zero attached hydrogens (tertiary/aromatic N) is 4. The molecule has 1 atom stereocenters. The first kappa shape index (κ1) is 20.7. The Bertz CT molecular complexity index is 1650. The van der Waals surface area contributed by atoms with Crippen molar-refractivity contribution in [2.45, 2.75) is 17.4 Å². The van der Waals surface area contributed by atoms with Crippen LogP contribution in [0, 0.1) is 0 Å². The topological polar surface area (TPSA) is 122 Å². The van der Waals surface area contributed by atoms with E-state index in [0.717, 1.165) is 18.5 Å². The number of aromatic nitrogens is 4. The first-order valence-corrected chi connectivity index (χ1v) is 12.3. The molecule has 1 unspecified atom stereocenters. The predicted octanol–water partition coefficient (Wildman–Crippen LogP) is 3.24. The second-order valence-electron chi connectivity index (χ2n) is 8.31. The minimum atomic E-state index is -3.84. The lowest BCUT2D eigenvalue weighted by Crippen LogP contribution is -2.15. The number of phenolic OH excluding ortho intramolecular Hbond substituents is 2. The Morgan fingerprint density at radius 3 is 2.62 bits per heavy atom. The van der Waals surface area contributed by atoms with E-state index in [4.69, 9.17) is 4.98 Å². The van der Waals surface area contributed by atoms with E-state index in [1.54, 1.807) is 48.7 Å². The van der Waals surface area contributed by atoms with E-state index in [9.17, 15) is 18.6 Å². The van der Waals surface area contributed by atoms with E-state index in [2.05, 4.69) is 10.3 Å². The van der Waals surface area contributed by atoms with Gasteiger partial charge in [0.25, 0.3) is 10.0 Å². The van der Waals surface area contributed by atoms with Crippen LogP contribution in [0.4, 0.5) is 0 Å². The van der Waals surface area contributed by atoms with E-state index in [-0.39, 0.29) is 22.4 Å². The van der Waals surface area contributed by atoms with Gasteiger partial charge in [-0.1, -0.05) is 18.2 Å². The Morgan fingerprint density at radius 2 is 1.88 bits per heavy atom. The fourth-order valence-corrected chi connectivity index (χ4v) is 5.98. The molecule has 9 nitrogen and oxygen atoms in total. The molecule has 1 fully saturated rings. The fourth-order valence-electron chi connectivity index (χ4n) is 4.66. The van der Waals surface area contributed by atoms with Gasteiger partial charge in [0.15, 0.2) is 5.65 Å². The van der Waals surface area contributed by atoms with Crippen LogP contribution in [-0.4, -0.2) is 50.2 Å². The molecule has 0 spiro atoms. The van der Waals surface area contributed by atoms with Gasteiger partial charge in [-0.25, -0.2) is 22.4 Å². The highest BCUT2D eigenvalue weighted by molar-refractivity contribution is 7.90. The zero-order chi connectivity index (χ0) is 23.4. The summed E-state index contributed by atoms with van der Waals surface area (Å²) < 4.78 is 29.9. The Labute approximate surface area is 195 Å². The second kappa shape index (κ2) is 7.57. The van der Waals surface area contributed by atoms with Crippen LogP contribution in [0.25, 0.3) is 33.5 Å². The van der Waals surface area contributed by atoms with Crippen molar-refractivity contribution in [2.24, 2.45) is 0 Å². The highest BCUT2D eigenvalue weighted by atomic mass is 32.2. The van der Waals surface area contributed by atoms with Crippen molar-refractivity contribution in [2.75, 3.05) is 13.1 Å². The van der Waals surface area contributed by atoms with Crippen LogP contribution in [0.2, 0.25) is 0 Å². The molecule has 1 saturated heterocycles. The fraction of sp³-hybridized carbons (Fsp3) is 0.167. The number of rotatable bonds is 4. The maximum atomic E-state index is 13.3. The van der Waals surface area contributed by atoms with Gasteiger partial charge in [0.2, 0.25) is 0 Å². The first-order chi connectivity index (χ1) is 16.4. The van der Waals surface area contributed by atoms with E-state index in [1.165, 1.54) is 22.3 Å². The lowest BCUT2D eigenvalue weighted by atomic mass is 10.1. The monoisotopic (exact) mass is 475 g/mol. The lowest BCUT2D eigenvalue weighted by molar-refractivity contribution is 0.451. The minimum absolute atomic E-state index is 0.0429. The van der Waals surface area contributed by atoms with E-state index < -0.39 is 10.0 Å². The molecule has 0 saturated carbocycles. The molecule has 0 bridgehead atoms. The molecule has 4 heterocycles. The number of imidazole rings is 1. The molecule has 3 aromatic heterocycles. The third-order valence-corrected chi connectivity index (χ3v) is 7.93. The molecule has 6 rings (SSSR count). The summed E-state index contributed by atoms with van der Waals surface area (Å²) in [4.78, 5) is 9.41. The van der Waals surface area contributed by atoms with Crippen molar-refractivity contribution in [3.05, 3.63) is 67.0 Å². The SMILES string of the molecule is O=S(=O)(c1ccccc1)n1ccc2c1ncc1nc(-c3ccc(O)cc3O)n(C3CCNC3)c12. The molecule has 1 aliphatic heterocycles. The van der Waals surface area contributed by atoms with Gasteiger partial charge in [0, 0.05) is 30.2 Å². The van der Waals surface area contributed by atoms with E-state index in [1.807, 2.05) is 4.57 Å². The number of hydrogen-bond donors (Lipinski definition) is 3. The second-order valence-corrected chi connectivity index (χ2v) is 10.1. The van der Waals surface area contributed by atoms with Gasteiger partial charge in [0.05, 0.1) is 22.2 Å². The van der Waals surface area contributed by atoms with Crippen molar-refractivity contribution in [1.29, 1.82) is 0 Å². The molecule has 0 radical (unpaired) electrons. The number of hydrogen-bond acceptors (Lipinski definition) is 7. The smallest absolute Gasteiger partial charge is 0.269 e. The van der Waals surface area contributed by atoms with Crippen molar-refractivity contribution < 1.29 is 18.6 Å². The molecule has 5 aromatic rings. The van der Waals surface area contributed by atoms with Crippen LogP contribution in [0.5, 0.6) is 11.5 Å². The average Bonchev–Trinajstić information content (AvgIpc) is 3.57. The van der Waals surface area contributed by atoms with Crippen LogP contribution >= 0.6 is 0 Å². The van der Waals surface area contributed by atoms with Crippen LogP contribution in [-0.2, 0) is 10.0 Å². The van der Waals surface area contributed by atoms with Crippen LogP contribution in [0.3, 0.4) is 0 Å². The van der Waals surface area contributed by atoms with Gasteiger partial charge < -0.3 is 20.1 Å². The molecule has 0 amide bonds. The number of nitrogens with one attached hydrogen (secondary N) is 1. The summed E-state index contributed by atoms with van der Waals surface area (Å²) in [6.07, 6.45) is 3.93. The number of phenols is 2. The number of pyridine rings is 1. The summed E-state index contributed by atoms with van der Waals surface area (Å²) in [5.74, 6) is 0.406. The van der Waals surface area contributed by atoms with Crippen molar-refractivity contribution in [3.8, 4) is 22.9 Å². The zero-order valence-corrected chi connectivity index (χ0v) is 18.8. The molecule has 0 aliphatic carbocycles. The summed E-state index contributed by atoms with van der Waals surface area (Å²) in [5.41, 5.74) is 2.13. The average molecular weight is 476 g/mol. The third-order valence-electron chi connectivity index (χ3n) is 6.25. The van der Waals surface area contributed by atoms with Gasteiger partial charge in [-0.2, -0.15) is 0 Å². The Hall–Kier alpha value is -3.89. The summed E-state index contributed by atoms with van der Waals surface area (Å²) >= 11 is 0. The van der Waals surface area contributed by atoms with Gasteiger partial charge in [-0.15, -0.1) is 0 Å². The molecule has 2 aromatic carbocycles. The van der Waals surface area contributed by atoms with Crippen LogP contribution in [0.1, 0.15) is 12.5 Å². The Morgan fingerprint density at radius 1 is 1.06 bits per heavy atom. The molecular weight excluding hydrogens is 454 g/mol. The highest BCUT2D eigenvalue weighted by Gasteiger charge is 2.28. The molecule has 172 valence electrons. The maximum Gasteiger partial charge on any atom is 0.269 e. The summed E-state index contributed by atoms with van der Waals surface area (Å²) in [7, 11) is -3.84. The standard InChI is InChI=1S/C24H21N5O4S/c30-16-6-7-18(21(31)12-16)24-27-20-14-26-23-19(22(20)29(24)15-8-10-25-13-15)9-11-28(23)34(32,33)17-4-2-1-3-5-17/h1-7,9,11-12,14-15,25,30-31H,8,10,13H2. The molecule has 3 N–H and O–H groups in total. The normalized spacial score (nSPS) is 16.5. The predicted molar refractivity (Wildman–Crippen MR) is 127 cm³/mol. The zero-order valence-electron chi connectivity index (χ0n) is 18.0. The number of benzene rings is 2. The highest BCUT2D eigenvalue weighted by Crippen LogP contribution is 2.38. The number of fused-ring (bicyclic) bond motifs is 3. The Balaban J connectivity index is 1.64. The largest absolute Gasteiger partial charge is 0.508 e. The van der Waals surface area contributed by atoms with Crippen molar-refractivity contribution in [3.63, 3.8) is 0 Å². The van der Waals surface area contributed by atoms with Crippen LogP contribution < -0.4 is 5.32 Å². The van der Waals surface area contributed by atoms with Gasteiger partial charge in [0.1, 0.15) is 22.8 Å². The number of aromatic hydroxyl groups is 2. The lowest BCUT2D eigenvalue weighted by Gasteiger charge is -2.17. The third kappa shape index (κ3) is 3.06. The van der Waals surface area contributed by atoms with E-state index in [0.29, 0.717) is 34.5 Å². The summed E-state index contributed by atoms with van der Waals surface area (Å²) in [5, 5.41) is 24.3. The Kier molecular flexibility index (Phi) is 4.61. The molecule has 1 aliphatic rings. The minimum Gasteiger partial charge on any atom is -0.508 e. The van der Waals surface area contributed by atoms with Gasteiger partial charge in [-0.05, 0) is 43.3 Å². The summed E-state index contributed by atoms with van der Waals surface area (Å²) in [6.45, 7) is 1.55. The van der Waals surface area contributed by atoms with Crippen molar-refractivity contribution in [1.82, 2.24) is 23.8 Å². The van der Waals surface area contributed by atoms with Gasteiger partial charge >= 0.3 is 0 Å². The molecule has 10 heteroatoms.